The van der Waals surface area contributed by atoms with E-state index >= 15 is 0 Å². The molecule has 1 aromatic heterocycles. The number of halogens is 1. The lowest BCUT2D eigenvalue weighted by atomic mass is 10.2. The molecule has 0 unspecified atom stereocenters. The SMILES string of the molecule is Cc1cc(OCc2nc3ccc(N)cc3o2)ccc1Cl. The fourth-order valence-electron chi connectivity index (χ4n) is 1.90. The van der Waals surface area contributed by atoms with E-state index in [4.69, 9.17) is 26.5 Å². The van der Waals surface area contributed by atoms with Crippen molar-refractivity contribution < 1.29 is 9.15 Å². The van der Waals surface area contributed by atoms with Crippen LogP contribution in [0, 0.1) is 6.92 Å². The Bertz CT molecular complexity index is 768. The summed E-state index contributed by atoms with van der Waals surface area (Å²) < 4.78 is 11.2. The first kappa shape index (κ1) is 12.8. The highest BCUT2D eigenvalue weighted by Crippen LogP contribution is 2.23. The van der Waals surface area contributed by atoms with Gasteiger partial charge in [-0.1, -0.05) is 11.6 Å². The van der Waals surface area contributed by atoms with Crippen LogP contribution in [0.15, 0.2) is 40.8 Å². The number of fused-ring (bicyclic) bond motifs is 1. The second-order valence-corrected chi connectivity index (χ2v) is 4.94. The third-order valence-electron chi connectivity index (χ3n) is 2.95. The summed E-state index contributed by atoms with van der Waals surface area (Å²) in [5.41, 5.74) is 8.74. The minimum absolute atomic E-state index is 0.260. The van der Waals surface area contributed by atoms with Gasteiger partial charge in [-0.2, -0.15) is 0 Å². The minimum Gasteiger partial charge on any atom is -0.484 e. The Morgan fingerprint density at radius 1 is 1.25 bits per heavy atom. The predicted octanol–water partition coefficient (Wildman–Crippen LogP) is 3.95. The van der Waals surface area contributed by atoms with E-state index < -0.39 is 0 Å². The van der Waals surface area contributed by atoms with Crippen molar-refractivity contribution in [2.24, 2.45) is 0 Å². The molecule has 2 N–H and O–H groups in total. The molecule has 4 nitrogen and oxygen atoms in total. The number of aromatic nitrogens is 1. The van der Waals surface area contributed by atoms with Gasteiger partial charge in [-0.3, -0.25) is 0 Å². The molecule has 0 atom stereocenters. The molecule has 0 radical (unpaired) electrons. The normalized spacial score (nSPS) is 10.9. The van der Waals surface area contributed by atoms with E-state index in [1.807, 2.05) is 25.1 Å². The molecule has 3 rings (SSSR count). The van der Waals surface area contributed by atoms with Crippen molar-refractivity contribution in [3.05, 3.63) is 52.9 Å². The molecule has 102 valence electrons. The second-order valence-electron chi connectivity index (χ2n) is 4.53. The lowest BCUT2D eigenvalue weighted by Gasteiger charge is -2.05. The zero-order valence-electron chi connectivity index (χ0n) is 10.9. The van der Waals surface area contributed by atoms with Crippen molar-refractivity contribution in [3.8, 4) is 5.75 Å². The summed E-state index contributed by atoms with van der Waals surface area (Å²) in [4.78, 5) is 4.34. The standard InChI is InChI=1S/C15H13ClN2O2/c1-9-6-11(3-4-12(9)16)19-8-15-18-13-5-2-10(17)7-14(13)20-15/h2-7H,8,17H2,1H3. The zero-order valence-corrected chi connectivity index (χ0v) is 11.6. The van der Waals surface area contributed by atoms with Crippen LogP contribution in [0.1, 0.15) is 11.5 Å². The molecule has 0 saturated heterocycles. The van der Waals surface area contributed by atoms with Crippen LogP contribution in [0.3, 0.4) is 0 Å². The first-order valence-electron chi connectivity index (χ1n) is 6.16. The number of nitrogen functional groups attached to an aromatic ring is 1. The van der Waals surface area contributed by atoms with Gasteiger partial charge in [0.1, 0.15) is 11.3 Å². The number of ether oxygens (including phenoxy) is 1. The molecule has 0 spiro atoms. The Balaban J connectivity index is 1.77. The van der Waals surface area contributed by atoms with Crippen LogP contribution in [-0.4, -0.2) is 4.98 Å². The molecule has 5 heteroatoms. The van der Waals surface area contributed by atoms with Crippen molar-refractivity contribution >= 4 is 28.4 Å². The van der Waals surface area contributed by atoms with Crippen LogP contribution >= 0.6 is 11.6 Å². The highest BCUT2D eigenvalue weighted by molar-refractivity contribution is 6.31. The molecule has 0 aliphatic rings. The molecule has 2 aromatic carbocycles. The van der Waals surface area contributed by atoms with E-state index in [0.717, 1.165) is 21.9 Å². The average molecular weight is 289 g/mol. The maximum absolute atomic E-state index is 5.97. The quantitative estimate of drug-likeness (QED) is 0.741. The monoisotopic (exact) mass is 288 g/mol. The summed E-state index contributed by atoms with van der Waals surface area (Å²) >= 11 is 5.97. The Morgan fingerprint density at radius 2 is 2.10 bits per heavy atom. The summed E-state index contributed by atoms with van der Waals surface area (Å²) in [7, 11) is 0. The van der Waals surface area contributed by atoms with Gasteiger partial charge in [-0.25, -0.2) is 4.98 Å². The number of aryl methyl sites for hydroxylation is 1. The van der Waals surface area contributed by atoms with E-state index in [1.54, 1.807) is 18.2 Å². The molecule has 0 aliphatic heterocycles. The van der Waals surface area contributed by atoms with Gasteiger partial charge in [0, 0.05) is 16.8 Å². The molecule has 0 amide bonds. The van der Waals surface area contributed by atoms with E-state index in [2.05, 4.69) is 4.98 Å². The number of hydrogen-bond acceptors (Lipinski definition) is 4. The Morgan fingerprint density at radius 3 is 2.90 bits per heavy atom. The Hall–Kier alpha value is -2.20. The molecule has 0 bridgehead atoms. The number of oxazole rings is 1. The summed E-state index contributed by atoms with van der Waals surface area (Å²) in [5.74, 6) is 1.24. The van der Waals surface area contributed by atoms with Crippen LogP contribution in [0.25, 0.3) is 11.1 Å². The molecule has 1 heterocycles. The van der Waals surface area contributed by atoms with Gasteiger partial charge in [-0.15, -0.1) is 0 Å². The fourth-order valence-corrected chi connectivity index (χ4v) is 2.02. The third-order valence-corrected chi connectivity index (χ3v) is 3.37. The van der Waals surface area contributed by atoms with Crippen molar-refractivity contribution in [1.82, 2.24) is 4.98 Å². The van der Waals surface area contributed by atoms with Gasteiger partial charge >= 0.3 is 0 Å². The van der Waals surface area contributed by atoms with Crippen LogP contribution in [0.5, 0.6) is 5.75 Å². The highest BCUT2D eigenvalue weighted by Gasteiger charge is 2.07. The lowest BCUT2D eigenvalue weighted by molar-refractivity contribution is 0.267. The van der Waals surface area contributed by atoms with Crippen LogP contribution in [-0.2, 0) is 6.61 Å². The van der Waals surface area contributed by atoms with E-state index in [-0.39, 0.29) is 6.61 Å². The summed E-state index contributed by atoms with van der Waals surface area (Å²) in [6, 6.07) is 10.9. The average Bonchev–Trinajstić information content (AvgIpc) is 2.82. The van der Waals surface area contributed by atoms with Gasteiger partial charge in [0.2, 0.25) is 5.89 Å². The largest absolute Gasteiger partial charge is 0.484 e. The predicted molar refractivity (Wildman–Crippen MR) is 78.9 cm³/mol. The van der Waals surface area contributed by atoms with Crippen molar-refractivity contribution in [2.75, 3.05) is 5.73 Å². The molecule has 0 fully saturated rings. The maximum atomic E-state index is 5.97. The van der Waals surface area contributed by atoms with E-state index in [0.29, 0.717) is 17.2 Å². The molecule has 3 aromatic rings. The van der Waals surface area contributed by atoms with Gasteiger partial charge in [0.05, 0.1) is 0 Å². The van der Waals surface area contributed by atoms with E-state index in [1.165, 1.54) is 0 Å². The smallest absolute Gasteiger partial charge is 0.233 e. The van der Waals surface area contributed by atoms with Crippen LogP contribution in [0.4, 0.5) is 5.69 Å². The zero-order chi connectivity index (χ0) is 14.1. The lowest BCUT2D eigenvalue weighted by Crippen LogP contribution is -1.95. The second kappa shape index (κ2) is 5.06. The van der Waals surface area contributed by atoms with Gasteiger partial charge in [-0.05, 0) is 42.8 Å². The number of rotatable bonds is 3. The van der Waals surface area contributed by atoms with Gasteiger partial charge in [0.25, 0.3) is 0 Å². The number of nitrogens with zero attached hydrogens (tertiary/aromatic N) is 1. The minimum atomic E-state index is 0.260. The first-order chi connectivity index (χ1) is 9.61. The third kappa shape index (κ3) is 2.56. The van der Waals surface area contributed by atoms with Gasteiger partial charge < -0.3 is 14.9 Å². The van der Waals surface area contributed by atoms with E-state index in [9.17, 15) is 0 Å². The number of anilines is 1. The molecule has 20 heavy (non-hydrogen) atoms. The summed E-state index contributed by atoms with van der Waals surface area (Å²) in [5, 5.41) is 0.717. The van der Waals surface area contributed by atoms with Crippen LogP contribution < -0.4 is 10.5 Å². The maximum Gasteiger partial charge on any atom is 0.233 e. The first-order valence-corrected chi connectivity index (χ1v) is 6.53. The molecular weight excluding hydrogens is 276 g/mol. The summed E-state index contributed by atoms with van der Waals surface area (Å²) in [6.07, 6.45) is 0. The topological polar surface area (TPSA) is 61.3 Å². The molecular formula is C15H13ClN2O2. The number of hydrogen-bond donors (Lipinski definition) is 1. The Kier molecular flexibility index (Phi) is 3.24. The molecule has 0 aliphatic carbocycles. The fraction of sp³-hybridized carbons (Fsp3) is 0.133. The highest BCUT2D eigenvalue weighted by atomic mass is 35.5. The van der Waals surface area contributed by atoms with Crippen molar-refractivity contribution in [2.45, 2.75) is 13.5 Å². The number of nitrogens with two attached hydrogens (primary N) is 1. The van der Waals surface area contributed by atoms with Crippen LogP contribution in [0.2, 0.25) is 5.02 Å². The van der Waals surface area contributed by atoms with Crippen molar-refractivity contribution in [1.29, 1.82) is 0 Å². The summed E-state index contributed by atoms with van der Waals surface area (Å²) in [6.45, 7) is 2.19. The number of benzene rings is 2. The van der Waals surface area contributed by atoms with Gasteiger partial charge in [0.15, 0.2) is 12.2 Å². The molecule has 0 saturated carbocycles. The van der Waals surface area contributed by atoms with Crippen molar-refractivity contribution in [3.63, 3.8) is 0 Å². The Labute approximate surface area is 121 Å².